The Morgan fingerprint density at radius 1 is 1.69 bits per heavy atom. The molecule has 1 aromatic heterocycles. The molecule has 0 bridgehead atoms. The summed E-state index contributed by atoms with van der Waals surface area (Å²) in [5.41, 5.74) is 0.468. The molecule has 0 aromatic carbocycles. The van der Waals surface area contributed by atoms with E-state index in [1.54, 1.807) is 17.1 Å². The van der Waals surface area contributed by atoms with Crippen LogP contribution in [-0.4, -0.2) is 27.0 Å². The third kappa shape index (κ3) is 4.16. The maximum atomic E-state index is 9.94. The Morgan fingerprint density at radius 2 is 2.44 bits per heavy atom. The van der Waals surface area contributed by atoms with Gasteiger partial charge in [-0.15, -0.1) is 0 Å². The smallest absolute Gasteiger partial charge is 0.0743 e. The first-order valence-corrected chi connectivity index (χ1v) is 5.66. The molecular formula is C12H21N3O. The molecule has 0 spiro atoms. The second kappa shape index (κ2) is 5.82. The van der Waals surface area contributed by atoms with Crippen LogP contribution in [0.4, 0.5) is 0 Å². The van der Waals surface area contributed by atoms with Crippen LogP contribution in [-0.2, 0) is 6.54 Å². The summed E-state index contributed by atoms with van der Waals surface area (Å²) < 4.78 is 1.67. The van der Waals surface area contributed by atoms with Crippen molar-refractivity contribution in [3.8, 4) is 0 Å². The molecule has 0 saturated carbocycles. The molecule has 0 saturated heterocycles. The standard InChI is InChI=1S/C12H21N3O/c1-4-6-12(3,16)10-13-7-11-8-14-15(5-2)9-11/h5,8-9,13,16H,2,4,6-7,10H2,1,3H3. The zero-order valence-electron chi connectivity index (χ0n) is 10.1. The maximum absolute atomic E-state index is 9.94. The molecule has 1 aromatic rings. The monoisotopic (exact) mass is 223 g/mol. The van der Waals surface area contributed by atoms with E-state index in [4.69, 9.17) is 0 Å². The fraction of sp³-hybridized carbons (Fsp3) is 0.583. The van der Waals surface area contributed by atoms with Crippen molar-refractivity contribution in [2.24, 2.45) is 0 Å². The van der Waals surface area contributed by atoms with Gasteiger partial charge < -0.3 is 10.4 Å². The van der Waals surface area contributed by atoms with E-state index < -0.39 is 5.60 Å². The Balaban J connectivity index is 2.32. The van der Waals surface area contributed by atoms with Crippen LogP contribution in [0.3, 0.4) is 0 Å². The Labute approximate surface area is 97.0 Å². The summed E-state index contributed by atoms with van der Waals surface area (Å²) in [6, 6.07) is 0. The first-order chi connectivity index (χ1) is 7.57. The molecule has 1 rings (SSSR count). The number of aromatic nitrogens is 2. The summed E-state index contributed by atoms with van der Waals surface area (Å²) in [4.78, 5) is 0. The lowest BCUT2D eigenvalue weighted by atomic mass is 10.0. The highest BCUT2D eigenvalue weighted by atomic mass is 16.3. The first kappa shape index (κ1) is 12.9. The van der Waals surface area contributed by atoms with Crippen molar-refractivity contribution in [1.82, 2.24) is 15.1 Å². The normalized spacial score (nSPS) is 14.7. The maximum Gasteiger partial charge on any atom is 0.0743 e. The minimum Gasteiger partial charge on any atom is -0.389 e. The summed E-state index contributed by atoms with van der Waals surface area (Å²) >= 11 is 0. The molecule has 4 heteroatoms. The third-order valence-electron chi connectivity index (χ3n) is 2.47. The topological polar surface area (TPSA) is 50.1 Å². The Hall–Kier alpha value is -1.13. The van der Waals surface area contributed by atoms with E-state index in [9.17, 15) is 5.11 Å². The van der Waals surface area contributed by atoms with E-state index >= 15 is 0 Å². The first-order valence-electron chi connectivity index (χ1n) is 5.66. The zero-order valence-corrected chi connectivity index (χ0v) is 10.1. The second-order valence-corrected chi connectivity index (χ2v) is 4.36. The molecule has 1 atom stereocenters. The molecule has 1 unspecified atom stereocenters. The van der Waals surface area contributed by atoms with Gasteiger partial charge in [-0.3, -0.25) is 0 Å². The van der Waals surface area contributed by atoms with Gasteiger partial charge in [-0.05, 0) is 13.3 Å². The Kier molecular flexibility index (Phi) is 4.71. The van der Waals surface area contributed by atoms with Gasteiger partial charge in [-0.25, -0.2) is 4.68 Å². The van der Waals surface area contributed by atoms with Crippen molar-refractivity contribution in [2.75, 3.05) is 6.54 Å². The van der Waals surface area contributed by atoms with E-state index in [1.807, 2.05) is 13.1 Å². The van der Waals surface area contributed by atoms with Crippen LogP contribution in [0, 0.1) is 0 Å². The van der Waals surface area contributed by atoms with Crippen molar-refractivity contribution in [2.45, 2.75) is 38.8 Å². The predicted octanol–water partition coefficient (Wildman–Crippen LogP) is 1.62. The molecule has 0 amide bonds. The summed E-state index contributed by atoms with van der Waals surface area (Å²) in [6.07, 6.45) is 7.16. The molecule has 0 aliphatic rings. The number of hydrogen-bond donors (Lipinski definition) is 2. The largest absolute Gasteiger partial charge is 0.389 e. The fourth-order valence-electron chi connectivity index (χ4n) is 1.67. The number of aliphatic hydroxyl groups is 1. The average Bonchev–Trinajstić information content (AvgIpc) is 2.65. The molecule has 0 radical (unpaired) electrons. The van der Waals surface area contributed by atoms with Crippen LogP contribution < -0.4 is 5.32 Å². The molecule has 16 heavy (non-hydrogen) atoms. The SMILES string of the molecule is C=Cn1cc(CNCC(C)(O)CCC)cn1. The van der Waals surface area contributed by atoms with Crippen molar-refractivity contribution >= 4 is 6.20 Å². The van der Waals surface area contributed by atoms with Crippen LogP contribution in [0.1, 0.15) is 32.3 Å². The molecule has 0 aliphatic carbocycles. The predicted molar refractivity (Wildman–Crippen MR) is 65.9 cm³/mol. The molecule has 0 aliphatic heterocycles. The number of nitrogens with one attached hydrogen (secondary N) is 1. The van der Waals surface area contributed by atoms with Crippen molar-refractivity contribution < 1.29 is 5.11 Å². The molecule has 90 valence electrons. The highest BCUT2D eigenvalue weighted by molar-refractivity contribution is 5.17. The van der Waals surface area contributed by atoms with Gasteiger partial charge >= 0.3 is 0 Å². The minimum absolute atomic E-state index is 0.597. The van der Waals surface area contributed by atoms with Crippen molar-refractivity contribution in [3.63, 3.8) is 0 Å². The van der Waals surface area contributed by atoms with Gasteiger partial charge in [-0.2, -0.15) is 5.10 Å². The third-order valence-corrected chi connectivity index (χ3v) is 2.47. The number of hydrogen-bond acceptors (Lipinski definition) is 3. The lowest BCUT2D eigenvalue weighted by Gasteiger charge is -2.22. The van der Waals surface area contributed by atoms with Crippen molar-refractivity contribution in [3.05, 3.63) is 24.5 Å². The summed E-state index contributed by atoms with van der Waals surface area (Å²) in [5.74, 6) is 0. The summed E-state index contributed by atoms with van der Waals surface area (Å²) in [5, 5.41) is 17.3. The second-order valence-electron chi connectivity index (χ2n) is 4.36. The van der Waals surface area contributed by atoms with Crippen LogP contribution in [0.5, 0.6) is 0 Å². The van der Waals surface area contributed by atoms with E-state index in [-0.39, 0.29) is 0 Å². The number of rotatable bonds is 7. The van der Waals surface area contributed by atoms with E-state index in [1.165, 1.54) is 0 Å². The van der Waals surface area contributed by atoms with Gasteiger partial charge in [0, 0.05) is 31.0 Å². The Morgan fingerprint density at radius 3 is 3.00 bits per heavy atom. The summed E-state index contributed by atoms with van der Waals surface area (Å²) in [7, 11) is 0. The fourth-order valence-corrected chi connectivity index (χ4v) is 1.67. The van der Waals surface area contributed by atoms with Gasteiger partial charge in [0.25, 0.3) is 0 Å². The molecule has 4 nitrogen and oxygen atoms in total. The van der Waals surface area contributed by atoms with Crippen LogP contribution in [0.15, 0.2) is 19.0 Å². The van der Waals surface area contributed by atoms with Crippen molar-refractivity contribution in [1.29, 1.82) is 0 Å². The van der Waals surface area contributed by atoms with E-state index in [0.29, 0.717) is 13.1 Å². The Bertz CT molecular complexity index is 331. The zero-order chi connectivity index (χ0) is 12.0. The van der Waals surface area contributed by atoms with Gasteiger partial charge in [-0.1, -0.05) is 19.9 Å². The highest BCUT2D eigenvalue weighted by Gasteiger charge is 2.17. The number of nitrogens with zero attached hydrogens (tertiary/aromatic N) is 2. The van der Waals surface area contributed by atoms with Crippen LogP contribution in [0.25, 0.3) is 6.20 Å². The summed E-state index contributed by atoms with van der Waals surface area (Å²) in [6.45, 7) is 8.87. The van der Waals surface area contributed by atoms with Gasteiger partial charge in [0.1, 0.15) is 0 Å². The van der Waals surface area contributed by atoms with Gasteiger partial charge in [0.05, 0.1) is 11.8 Å². The lowest BCUT2D eigenvalue weighted by molar-refractivity contribution is 0.0498. The lowest BCUT2D eigenvalue weighted by Crippen LogP contribution is -2.37. The molecule has 0 fully saturated rings. The molecular weight excluding hydrogens is 202 g/mol. The average molecular weight is 223 g/mol. The molecule has 2 N–H and O–H groups in total. The van der Waals surface area contributed by atoms with Gasteiger partial charge in [0.2, 0.25) is 0 Å². The quantitative estimate of drug-likeness (QED) is 0.738. The van der Waals surface area contributed by atoms with Crippen LogP contribution in [0.2, 0.25) is 0 Å². The van der Waals surface area contributed by atoms with E-state index in [2.05, 4.69) is 23.9 Å². The van der Waals surface area contributed by atoms with E-state index in [0.717, 1.165) is 18.4 Å². The van der Waals surface area contributed by atoms with Crippen LogP contribution >= 0.6 is 0 Å². The molecule has 1 heterocycles. The highest BCUT2D eigenvalue weighted by Crippen LogP contribution is 2.10. The minimum atomic E-state index is -0.622. The van der Waals surface area contributed by atoms with Gasteiger partial charge in [0.15, 0.2) is 0 Å².